The lowest BCUT2D eigenvalue weighted by Crippen LogP contribution is -2.02. The van der Waals surface area contributed by atoms with Crippen molar-refractivity contribution >= 4 is 22.7 Å². The Balaban J connectivity index is 2.21. The molecule has 2 aromatic rings. The SMILES string of the molecule is O=[N+]([O-])c1ccc(NCc2cncs2)c(C(F)F)c1. The van der Waals surface area contributed by atoms with Gasteiger partial charge in [-0.05, 0) is 6.07 Å². The minimum Gasteiger partial charge on any atom is -0.380 e. The number of hydrogen-bond donors (Lipinski definition) is 1. The summed E-state index contributed by atoms with van der Waals surface area (Å²) in [7, 11) is 0. The molecule has 1 heterocycles. The number of hydrogen-bond acceptors (Lipinski definition) is 5. The summed E-state index contributed by atoms with van der Waals surface area (Å²) >= 11 is 1.40. The third kappa shape index (κ3) is 3.22. The molecule has 0 aliphatic heterocycles. The van der Waals surface area contributed by atoms with Gasteiger partial charge in [0.1, 0.15) is 0 Å². The Morgan fingerprint density at radius 3 is 2.84 bits per heavy atom. The molecular formula is C11H9F2N3O2S. The Hall–Kier alpha value is -2.09. The Morgan fingerprint density at radius 2 is 2.26 bits per heavy atom. The molecule has 2 rings (SSSR count). The Morgan fingerprint density at radius 1 is 1.47 bits per heavy atom. The van der Waals surface area contributed by atoms with Gasteiger partial charge in [-0.15, -0.1) is 11.3 Å². The van der Waals surface area contributed by atoms with Gasteiger partial charge in [-0.25, -0.2) is 8.78 Å². The van der Waals surface area contributed by atoms with Crippen LogP contribution in [-0.2, 0) is 6.54 Å². The standard InChI is InChI=1S/C11H9F2N3O2S/c12-11(13)9-3-7(16(17)18)1-2-10(9)15-5-8-4-14-6-19-8/h1-4,6,11,15H,5H2. The third-order valence-electron chi connectivity index (χ3n) is 2.42. The van der Waals surface area contributed by atoms with Gasteiger partial charge in [-0.3, -0.25) is 15.1 Å². The van der Waals surface area contributed by atoms with E-state index in [9.17, 15) is 18.9 Å². The number of thiazole rings is 1. The summed E-state index contributed by atoms with van der Waals surface area (Å²) < 4.78 is 25.7. The van der Waals surface area contributed by atoms with Crippen molar-refractivity contribution < 1.29 is 13.7 Å². The van der Waals surface area contributed by atoms with Crippen LogP contribution in [0.25, 0.3) is 0 Å². The van der Waals surface area contributed by atoms with E-state index in [4.69, 9.17) is 0 Å². The molecule has 0 radical (unpaired) electrons. The monoisotopic (exact) mass is 285 g/mol. The van der Waals surface area contributed by atoms with Crippen molar-refractivity contribution in [2.24, 2.45) is 0 Å². The predicted molar refractivity (Wildman–Crippen MR) is 67.5 cm³/mol. The number of nitrogens with one attached hydrogen (secondary N) is 1. The van der Waals surface area contributed by atoms with Crippen LogP contribution in [0.1, 0.15) is 16.9 Å². The van der Waals surface area contributed by atoms with Gasteiger partial charge in [0.05, 0.1) is 17.0 Å². The van der Waals surface area contributed by atoms with E-state index in [0.717, 1.165) is 10.9 Å². The first-order chi connectivity index (χ1) is 9.08. The molecule has 100 valence electrons. The lowest BCUT2D eigenvalue weighted by molar-refractivity contribution is -0.385. The highest BCUT2D eigenvalue weighted by atomic mass is 32.1. The molecular weight excluding hydrogens is 276 g/mol. The lowest BCUT2D eigenvalue weighted by Gasteiger charge is -2.10. The molecule has 5 nitrogen and oxygen atoms in total. The van der Waals surface area contributed by atoms with E-state index < -0.39 is 11.3 Å². The fourth-order valence-electron chi connectivity index (χ4n) is 1.52. The van der Waals surface area contributed by atoms with E-state index in [0.29, 0.717) is 6.54 Å². The second kappa shape index (κ2) is 5.70. The van der Waals surface area contributed by atoms with Gasteiger partial charge in [0, 0.05) is 34.5 Å². The van der Waals surface area contributed by atoms with E-state index >= 15 is 0 Å². The summed E-state index contributed by atoms with van der Waals surface area (Å²) in [5.74, 6) is 0. The van der Waals surface area contributed by atoms with E-state index in [2.05, 4.69) is 10.3 Å². The zero-order chi connectivity index (χ0) is 13.8. The predicted octanol–water partition coefficient (Wildman–Crippen LogP) is 3.60. The quantitative estimate of drug-likeness (QED) is 0.673. The highest BCUT2D eigenvalue weighted by Gasteiger charge is 2.17. The van der Waals surface area contributed by atoms with Crippen molar-refractivity contribution in [3.05, 3.63) is 50.5 Å². The molecule has 1 aromatic carbocycles. The zero-order valence-electron chi connectivity index (χ0n) is 9.55. The number of anilines is 1. The van der Waals surface area contributed by atoms with Gasteiger partial charge < -0.3 is 5.32 Å². The number of aromatic nitrogens is 1. The molecule has 19 heavy (non-hydrogen) atoms. The van der Waals surface area contributed by atoms with Gasteiger partial charge in [-0.1, -0.05) is 0 Å². The molecule has 0 amide bonds. The fourth-order valence-corrected chi connectivity index (χ4v) is 2.05. The average molecular weight is 285 g/mol. The topological polar surface area (TPSA) is 68.1 Å². The largest absolute Gasteiger partial charge is 0.380 e. The molecule has 0 saturated carbocycles. The van der Waals surface area contributed by atoms with Crippen molar-refractivity contribution in [3.8, 4) is 0 Å². The van der Waals surface area contributed by atoms with Gasteiger partial charge in [0.15, 0.2) is 0 Å². The summed E-state index contributed by atoms with van der Waals surface area (Å²) in [6, 6.07) is 3.38. The Bertz CT molecular complexity index is 575. The van der Waals surface area contributed by atoms with Crippen molar-refractivity contribution in [2.75, 3.05) is 5.32 Å². The first-order valence-corrected chi connectivity index (χ1v) is 6.13. The van der Waals surface area contributed by atoms with Crippen LogP contribution in [-0.4, -0.2) is 9.91 Å². The zero-order valence-corrected chi connectivity index (χ0v) is 10.4. The number of rotatable bonds is 5. The number of benzene rings is 1. The first-order valence-electron chi connectivity index (χ1n) is 5.25. The maximum Gasteiger partial charge on any atom is 0.270 e. The minimum absolute atomic E-state index is 0.189. The lowest BCUT2D eigenvalue weighted by atomic mass is 10.1. The van der Waals surface area contributed by atoms with Crippen LogP contribution in [0.4, 0.5) is 20.2 Å². The molecule has 0 aliphatic carbocycles. The Labute approximate surface area is 111 Å². The smallest absolute Gasteiger partial charge is 0.270 e. The molecule has 1 N–H and O–H groups in total. The first kappa shape index (κ1) is 13.3. The van der Waals surface area contributed by atoms with Crippen molar-refractivity contribution in [2.45, 2.75) is 13.0 Å². The molecule has 0 fully saturated rings. The second-order valence-corrected chi connectivity index (χ2v) is 4.62. The van der Waals surface area contributed by atoms with E-state index in [-0.39, 0.29) is 16.9 Å². The summed E-state index contributed by atoms with van der Waals surface area (Å²) in [6.45, 7) is 0.349. The van der Waals surface area contributed by atoms with Gasteiger partial charge >= 0.3 is 0 Å². The summed E-state index contributed by atoms with van der Waals surface area (Å²) in [4.78, 5) is 14.6. The van der Waals surface area contributed by atoms with Crippen molar-refractivity contribution in [1.29, 1.82) is 0 Å². The van der Waals surface area contributed by atoms with Crippen molar-refractivity contribution in [1.82, 2.24) is 4.98 Å². The molecule has 0 atom stereocenters. The fraction of sp³-hybridized carbons (Fsp3) is 0.182. The highest BCUT2D eigenvalue weighted by molar-refractivity contribution is 7.09. The molecule has 0 unspecified atom stereocenters. The highest BCUT2D eigenvalue weighted by Crippen LogP contribution is 2.31. The van der Waals surface area contributed by atoms with E-state index in [1.54, 1.807) is 11.7 Å². The number of alkyl halides is 2. The number of nitro benzene ring substituents is 1. The molecule has 0 saturated heterocycles. The van der Waals surface area contributed by atoms with Crippen LogP contribution in [0.5, 0.6) is 0 Å². The molecule has 1 aromatic heterocycles. The van der Waals surface area contributed by atoms with Crippen LogP contribution in [0.15, 0.2) is 29.9 Å². The normalized spacial score (nSPS) is 10.7. The third-order valence-corrected chi connectivity index (χ3v) is 3.20. The minimum atomic E-state index is -2.77. The van der Waals surface area contributed by atoms with E-state index in [1.165, 1.54) is 23.5 Å². The van der Waals surface area contributed by atoms with Crippen molar-refractivity contribution in [3.63, 3.8) is 0 Å². The maximum absolute atomic E-state index is 12.9. The average Bonchev–Trinajstić information content (AvgIpc) is 2.89. The number of nitro groups is 1. The van der Waals surface area contributed by atoms with Crippen LogP contribution in [0.3, 0.4) is 0 Å². The van der Waals surface area contributed by atoms with Crippen LogP contribution >= 0.6 is 11.3 Å². The van der Waals surface area contributed by atoms with E-state index in [1.807, 2.05) is 0 Å². The van der Waals surface area contributed by atoms with Crippen LogP contribution in [0, 0.1) is 10.1 Å². The van der Waals surface area contributed by atoms with Gasteiger partial charge in [0.25, 0.3) is 12.1 Å². The molecule has 8 heteroatoms. The number of non-ortho nitro benzene ring substituents is 1. The molecule has 0 spiro atoms. The second-order valence-electron chi connectivity index (χ2n) is 3.65. The number of halogens is 2. The van der Waals surface area contributed by atoms with Crippen LogP contribution in [0.2, 0.25) is 0 Å². The maximum atomic E-state index is 12.9. The Kier molecular flexibility index (Phi) is 4.00. The van der Waals surface area contributed by atoms with Gasteiger partial charge in [-0.2, -0.15) is 0 Å². The number of nitrogens with zero attached hydrogens (tertiary/aromatic N) is 2. The summed E-state index contributed by atoms with van der Waals surface area (Å²) in [5.41, 5.74) is 1.10. The summed E-state index contributed by atoms with van der Waals surface area (Å²) in [6.07, 6.45) is -1.14. The molecule has 0 aliphatic rings. The molecule has 0 bridgehead atoms. The van der Waals surface area contributed by atoms with Gasteiger partial charge in [0.2, 0.25) is 0 Å². The summed E-state index contributed by atoms with van der Waals surface area (Å²) in [5, 5.41) is 13.4. The van der Waals surface area contributed by atoms with Crippen LogP contribution < -0.4 is 5.32 Å².